The number of hydrogen-bond acceptors (Lipinski definition) is 3. The quantitative estimate of drug-likeness (QED) is 0.444. The van der Waals surface area contributed by atoms with Crippen LogP contribution in [0.5, 0.6) is 0 Å². The number of hydrogen-bond donors (Lipinski definition) is 0. The summed E-state index contributed by atoms with van der Waals surface area (Å²) in [7, 11) is 0. The lowest BCUT2D eigenvalue weighted by Gasteiger charge is -2.20. The second-order valence-corrected chi connectivity index (χ2v) is 4.95. The van der Waals surface area contributed by atoms with E-state index in [1.165, 1.54) is 17.8 Å². The molecule has 0 unspecified atom stereocenters. The molecule has 2 aromatic carbocycles. The van der Waals surface area contributed by atoms with E-state index in [2.05, 4.69) is 43.0 Å². The molecule has 0 saturated heterocycles. The molecule has 0 N–H and O–H groups in total. The van der Waals surface area contributed by atoms with Gasteiger partial charge in [-0.3, -0.25) is 10.1 Å². The maximum atomic E-state index is 10.6. The Balaban J connectivity index is 2.08. The lowest BCUT2D eigenvalue weighted by Crippen LogP contribution is -2.21. The van der Waals surface area contributed by atoms with Crippen molar-refractivity contribution in [1.29, 1.82) is 0 Å². The maximum absolute atomic E-state index is 10.6. The fourth-order valence-electron chi connectivity index (χ4n) is 2.28. The lowest BCUT2D eigenvalue weighted by atomic mass is 10.1. The number of nitrogens with zero attached hydrogens (tertiary/aromatic N) is 2. The molecule has 0 saturated carbocycles. The zero-order valence-corrected chi connectivity index (χ0v) is 12.9. The molecule has 0 amide bonds. The van der Waals surface area contributed by atoms with E-state index in [0.717, 1.165) is 24.2 Å². The molecule has 0 radical (unpaired) electrons. The standard InChI is InChI=1S/C18H20N2O2/c1-3-19(4-2)17-11-7-15(8-12-17)5-6-16-9-13-18(14-10-16)20(21)22/h5-14H,3-4H2,1-2H3/b6-5-. The number of benzene rings is 2. The molecular formula is C18H20N2O2. The fourth-order valence-corrected chi connectivity index (χ4v) is 2.28. The van der Waals surface area contributed by atoms with E-state index in [-0.39, 0.29) is 10.6 Å². The van der Waals surface area contributed by atoms with Crippen LogP contribution in [0.1, 0.15) is 25.0 Å². The number of rotatable bonds is 6. The Kier molecular flexibility index (Phi) is 5.31. The third-order valence-electron chi connectivity index (χ3n) is 3.59. The first kappa shape index (κ1) is 15.8. The van der Waals surface area contributed by atoms with Gasteiger partial charge in [0.2, 0.25) is 0 Å². The smallest absolute Gasteiger partial charge is 0.269 e. The van der Waals surface area contributed by atoms with Crippen molar-refractivity contribution in [1.82, 2.24) is 0 Å². The summed E-state index contributed by atoms with van der Waals surface area (Å²) in [5, 5.41) is 10.6. The molecule has 4 heteroatoms. The van der Waals surface area contributed by atoms with Crippen LogP contribution in [0.2, 0.25) is 0 Å². The van der Waals surface area contributed by atoms with Crippen LogP contribution in [0.4, 0.5) is 11.4 Å². The average Bonchev–Trinajstić information content (AvgIpc) is 2.55. The van der Waals surface area contributed by atoms with E-state index in [0.29, 0.717) is 0 Å². The van der Waals surface area contributed by atoms with Gasteiger partial charge in [-0.2, -0.15) is 0 Å². The van der Waals surface area contributed by atoms with Gasteiger partial charge >= 0.3 is 0 Å². The molecule has 0 spiro atoms. The van der Waals surface area contributed by atoms with Gasteiger partial charge in [0.05, 0.1) is 4.92 Å². The molecular weight excluding hydrogens is 276 g/mol. The van der Waals surface area contributed by atoms with Crippen LogP contribution < -0.4 is 4.90 Å². The second kappa shape index (κ2) is 7.41. The summed E-state index contributed by atoms with van der Waals surface area (Å²) in [4.78, 5) is 12.5. The Morgan fingerprint density at radius 1 is 0.909 bits per heavy atom. The largest absolute Gasteiger partial charge is 0.372 e. The Morgan fingerprint density at radius 2 is 1.36 bits per heavy atom. The summed E-state index contributed by atoms with van der Waals surface area (Å²) < 4.78 is 0. The van der Waals surface area contributed by atoms with Gasteiger partial charge in [0.25, 0.3) is 5.69 Å². The van der Waals surface area contributed by atoms with Crippen LogP contribution >= 0.6 is 0 Å². The maximum Gasteiger partial charge on any atom is 0.269 e. The van der Waals surface area contributed by atoms with Gasteiger partial charge in [0, 0.05) is 30.9 Å². The summed E-state index contributed by atoms with van der Waals surface area (Å²) in [5.41, 5.74) is 3.38. The van der Waals surface area contributed by atoms with Crippen molar-refractivity contribution in [3.63, 3.8) is 0 Å². The molecule has 0 fully saturated rings. The Hall–Kier alpha value is -2.62. The molecule has 2 aromatic rings. The predicted molar refractivity (Wildman–Crippen MR) is 92.0 cm³/mol. The minimum absolute atomic E-state index is 0.112. The molecule has 0 aromatic heterocycles. The normalized spacial score (nSPS) is 10.8. The highest BCUT2D eigenvalue weighted by molar-refractivity contribution is 5.71. The first-order chi connectivity index (χ1) is 10.6. The van der Waals surface area contributed by atoms with Crippen molar-refractivity contribution in [3.8, 4) is 0 Å². The highest BCUT2D eigenvalue weighted by atomic mass is 16.6. The predicted octanol–water partition coefficient (Wildman–Crippen LogP) is 4.61. The van der Waals surface area contributed by atoms with Gasteiger partial charge in [-0.05, 0) is 49.2 Å². The van der Waals surface area contributed by atoms with E-state index in [4.69, 9.17) is 0 Å². The third kappa shape index (κ3) is 3.95. The van der Waals surface area contributed by atoms with Crippen molar-refractivity contribution in [2.45, 2.75) is 13.8 Å². The van der Waals surface area contributed by atoms with Crippen molar-refractivity contribution < 1.29 is 4.92 Å². The topological polar surface area (TPSA) is 46.4 Å². The lowest BCUT2D eigenvalue weighted by molar-refractivity contribution is -0.384. The van der Waals surface area contributed by atoms with Crippen molar-refractivity contribution >= 4 is 23.5 Å². The molecule has 4 nitrogen and oxygen atoms in total. The average molecular weight is 296 g/mol. The van der Waals surface area contributed by atoms with Crippen LogP contribution in [0.3, 0.4) is 0 Å². The molecule has 0 aliphatic rings. The molecule has 0 atom stereocenters. The zero-order chi connectivity index (χ0) is 15.9. The first-order valence-electron chi connectivity index (χ1n) is 7.41. The summed E-state index contributed by atoms with van der Waals surface area (Å²) in [6.45, 7) is 6.28. The van der Waals surface area contributed by atoms with Gasteiger partial charge in [-0.15, -0.1) is 0 Å². The number of anilines is 1. The fraction of sp³-hybridized carbons (Fsp3) is 0.222. The van der Waals surface area contributed by atoms with Crippen molar-refractivity contribution in [2.75, 3.05) is 18.0 Å². The summed E-state index contributed by atoms with van der Waals surface area (Å²) in [6, 6.07) is 14.9. The molecule has 0 bridgehead atoms. The number of nitro groups is 1. The Labute approximate surface area is 130 Å². The van der Waals surface area contributed by atoms with Crippen LogP contribution in [-0.4, -0.2) is 18.0 Å². The third-order valence-corrected chi connectivity index (χ3v) is 3.59. The molecule has 22 heavy (non-hydrogen) atoms. The summed E-state index contributed by atoms with van der Waals surface area (Å²) >= 11 is 0. The summed E-state index contributed by atoms with van der Waals surface area (Å²) in [6.07, 6.45) is 3.96. The molecule has 0 heterocycles. The van der Waals surface area contributed by atoms with E-state index in [1.807, 2.05) is 12.2 Å². The van der Waals surface area contributed by atoms with Crippen molar-refractivity contribution in [3.05, 3.63) is 69.8 Å². The van der Waals surface area contributed by atoms with Gasteiger partial charge in [0.15, 0.2) is 0 Å². The van der Waals surface area contributed by atoms with E-state index in [9.17, 15) is 10.1 Å². The van der Waals surface area contributed by atoms with Crippen LogP contribution in [0.15, 0.2) is 48.5 Å². The van der Waals surface area contributed by atoms with E-state index >= 15 is 0 Å². The summed E-state index contributed by atoms with van der Waals surface area (Å²) in [5.74, 6) is 0. The van der Waals surface area contributed by atoms with Gasteiger partial charge < -0.3 is 4.90 Å². The first-order valence-corrected chi connectivity index (χ1v) is 7.41. The van der Waals surface area contributed by atoms with Crippen LogP contribution in [0, 0.1) is 10.1 Å². The van der Waals surface area contributed by atoms with Gasteiger partial charge in [-0.25, -0.2) is 0 Å². The minimum Gasteiger partial charge on any atom is -0.372 e. The van der Waals surface area contributed by atoms with Crippen LogP contribution in [-0.2, 0) is 0 Å². The molecule has 0 aliphatic heterocycles. The van der Waals surface area contributed by atoms with Gasteiger partial charge in [-0.1, -0.05) is 24.3 Å². The highest BCUT2D eigenvalue weighted by Crippen LogP contribution is 2.17. The number of non-ortho nitro benzene ring substituents is 1. The SMILES string of the molecule is CCN(CC)c1ccc(/C=C\c2ccc([N+](=O)[O-])cc2)cc1. The molecule has 114 valence electrons. The van der Waals surface area contributed by atoms with E-state index < -0.39 is 0 Å². The Bertz CT molecular complexity index is 642. The zero-order valence-electron chi connectivity index (χ0n) is 12.9. The monoisotopic (exact) mass is 296 g/mol. The van der Waals surface area contributed by atoms with E-state index in [1.54, 1.807) is 12.1 Å². The highest BCUT2D eigenvalue weighted by Gasteiger charge is 2.02. The van der Waals surface area contributed by atoms with Crippen molar-refractivity contribution in [2.24, 2.45) is 0 Å². The van der Waals surface area contributed by atoms with Crippen LogP contribution in [0.25, 0.3) is 12.2 Å². The molecule has 0 aliphatic carbocycles. The Morgan fingerprint density at radius 3 is 1.77 bits per heavy atom. The van der Waals surface area contributed by atoms with Gasteiger partial charge in [0.1, 0.15) is 0 Å². The number of nitro benzene ring substituents is 1. The minimum atomic E-state index is -0.389. The second-order valence-electron chi connectivity index (χ2n) is 4.95. The molecule has 2 rings (SSSR count).